The minimum absolute atomic E-state index is 0.166. The van der Waals surface area contributed by atoms with E-state index in [4.69, 9.17) is 0 Å². The Bertz CT molecular complexity index is 267. The molecule has 0 atom stereocenters. The molecular weight excluding hydrogens is 244 g/mol. The molecule has 0 fully saturated rings. The van der Waals surface area contributed by atoms with Gasteiger partial charge in [-0.25, -0.2) is 0 Å². The lowest BCUT2D eigenvalue weighted by Gasteiger charge is -2.13. The minimum Gasteiger partial charge on any atom is -0.298 e. The number of anilines is 1. The van der Waals surface area contributed by atoms with Gasteiger partial charge < -0.3 is 0 Å². The minimum atomic E-state index is -0.599. The van der Waals surface area contributed by atoms with Gasteiger partial charge in [-0.05, 0) is 19.1 Å². The van der Waals surface area contributed by atoms with E-state index in [0.717, 1.165) is 11.5 Å². The van der Waals surface area contributed by atoms with Crippen LogP contribution in [-0.4, -0.2) is 25.0 Å². The molecule has 1 amide bonds. The van der Waals surface area contributed by atoms with E-state index in [-0.39, 0.29) is 5.91 Å². The van der Waals surface area contributed by atoms with Crippen LogP contribution in [0.2, 0.25) is 0 Å². The van der Waals surface area contributed by atoms with Gasteiger partial charge in [0, 0.05) is 11.5 Å². The highest BCUT2D eigenvalue weighted by Crippen LogP contribution is 2.18. The van der Waals surface area contributed by atoms with Gasteiger partial charge in [0.1, 0.15) is 0 Å². The topological polar surface area (TPSA) is 67.8 Å². The van der Waals surface area contributed by atoms with Gasteiger partial charge in [0.25, 0.3) is 0 Å². The molecule has 0 bridgehead atoms. The van der Waals surface area contributed by atoms with E-state index in [0.29, 0.717) is 5.13 Å². The SMILES string of the molecule is CC(C)(Br)C(=O)Nc1nnns1. The molecule has 12 heavy (non-hydrogen) atoms. The molecule has 1 aromatic heterocycles. The number of hydrogen-bond donors (Lipinski definition) is 1. The largest absolute Gasteiger partial charge is 0.298 e. The van der Waals surface area contributed by atoms with Gasteiger partial charge in [0.2, 0.25) is 11.0 Å². The maximum atomic E-state index is 11.3. The summed E-state index contributed by atoms with van der Waals surface area (Å²) in [5.74, 6) is -0.166. The fourth-order valence-electron chi connectivity index (χ4n) is 0.428. The molecule has 5 nitrogen and oxygen atoms in total. The van der Waals surface area contributed by atoms with E-state index in [2.05, 4.69) is 36.0 Å². The van der Waals surface area contributed by atoms with Gasteiger partial charge in [-0.3, -0.25) is 10.1 Å². The summed E-state index contributed by atoms with van der Waals surface area (Å²) in [7, 11) is 0. The average Bonchev–Trinajstić information content (AvgIpc) is 2.37. The first-order valence-corrected chi connectivity index (χ1v) is 4.72. The second-order valence-electron chi connectivity index (χ2n) is 2.59. The molecule has 66 valence electrons. The second-order valence-corrected chi connectivity index (χ2v) is 5.31. The van der Waals surface area contributed by atoms with Crippen LogP contribution in [0, 0.1) is 0 Å². The second kappa shape index (κ2) is 3.44. The van der Waals surface area contributed by atoms with Crippen molar-refractivity contribution in [2.45, 2.75) is 18.2 Å². The van der Waals surface area contributed by atoms with Gasteiger partial charge in [-0.15, -0.1) is 0 Å². The Kier molecular flexibility index (Phi) is 2.73. The quantitative estimate of drug-likeness (QED) is 0.797. The van der Waals surface area contributed by atoms with Crippen LogP contribution in [0.3, 0.4) is 0 Å². The maximum Gasteiger partial charge on any atom is 0.242 e. The van der Waals surface area contributed by atoms with E-state index < -0.39 is 4.32 Å². The molecule has 0 unspecified atom stereocenters. The summed E-state index contributed by atoms with van der Waals surface area (Å²) in [6.45, 7) is 3.49. The molecule has 1 N–H and O–H groups in total. The first kappa shape index (κ1) is 9.53. The lowest BCUT2D eigenvalue weighted by Crippen LogP contribution is -2.30. The lowest BCUT2D eigenvalue weighted by atomic mass is 10.2. The first-order valence-electron chi connectivity index (χ1n) is 3.15. The number of carbonyl (C=O) groups is 1. The maximum absolute atomic E-state index is 11.3. The van der Waals surface area contributed by atoms with Crippen molar-refractivity contribution in [2.24, 2.45) is 0 Å². The zero-order valence-corrected chi connectivity index (χ0v) is 8.94. The summed E-state index contributed by atoms with van der Waals surface area (Å²) in [5, 5.41) is 9.89. The van der Waals surface area contributed by atoms with E-state index in [1.807, 2.05) is 0 Å². The predicted octanol–water partition coefficient (Wildman–Crippen LogP) is 1.05. The summed E-state index contributed by atoms with van der Waals surface area (Å²) in [4.78, 5) is 11.3. The molecule has 0 aromatic carbocycles. The Labute approximate surface area is 81.8 Å². The number of amides is 1. The Balaban J connectivity index is 2.60. The smallest absolute Gasteiger partial charge is 0.242 e. The highest BCUT2D eigenvalue weighted by molar-refractivity contribution is 9.10. The van der Waals surface area contributed by atoms with Gasteiger partial charge in [0.05, 0.1) is 4.32 Å². The van der Waals surface area contributed by atoms with Crippen LogP contribution in [0.4, 0.5) is 5.13 Å². The molecule has 0 aliphatic rings. The van der Waals surface area contributed by atoms with E-state index in [1.165, 1.54) is 0 Å². The van der Waals surface area contributed by atoms with E-state index >= 15 is 0 Å². The van der Waals surface area contributed by atoms with Crippen LogP contribution in [0.1, 0.15) is 13.8 Å². The standard InChI is InChI=1S/C5H7BrN4OS/c1-5(2,6)3(11)7-4-8-9-10-12-4/h1-2H3,(H,7,8,10,11). The number of hydrogen-bond acceptors (Lipinski definition) is 5. The lowest BCUT2D eigenvalue weighted by molar-refractivity contribution is -0.117. The molecule has 0 saturated carbocycles. The number of rotatable bonds is 2. The normalized spacial score (nSPS) is 11.2. The number of carbonyl (C=O) groups excluding carboxylic acids is 1. The Morgan fingerprint density at radius 2 is 2.33 bits per heavy atom. The first-order chi connectivity index (χ1) is 5.50. The molecule has 1 aromatic rings. The molecule has 1 rings (SSSR count). The van der Waals surface area contributed by atoms with Crippen molar-refractivity contribution >= 4 is 38.5 Å². The third-order valence-electron chi connectivity index (χ3n) is 1.06. The number of halogens is 1. The average molecular weight is 251 g/mol. The van der Waals surface area contributed by atoms with Gasteiger partial charge in [-0.2, -0.15) is 0 Å². The summed E-state index contributed by atoms with van der Waals surface area (Å²) in [5.41, 5.74) is 0. The molecule has 0 spiro atoms. The van der Waals surface area contributed by atoms with Gasteiger partial charge >= 0.3 is 0 Å². The molecule has 7 heteroatoms. The fourth-order valence-corrected chi connectivity index (χ4v) is 0.888. The summed E-state index contributed by atoms with van der Waals surface area (Å²) in [6.07, 6.45) is 0. The Morgan fingerprint density at radius 1 is 1.67 bits per heavy atom. The van der Waals surface area contributed by atoms with Crippen LogP contribution < -0.4 is 5.32 Å². The van der Waals surface area contributed by atoms with Crippen molar-refractivity contribution in [1.29, 1.82) is 0 Å². The molecule has 0 saturated heterocycles. The Morgan fingerprint density at radius 3 is 2.75 bits per heavy atom. The van der Waals surface area contributed by atoms with Crippen molar-refractivity contribution in [2.75, 3.05) is 5.32 Å². The van der Waals surface area contributed by atoms with Crippen molar-refractivity contribution in [1.82, 2.24) is 14.8 Å². The highest BCUT2D eigenvalue weighted by atomic mass is 79.9. The van der Waals surface area contributed by atoms with Crippen molar-refractivity contribution in [3.05, 3.63) is 0 Å². The van der Waals surface area contributed by atoms with Gasteiger partial charge in [0.15, 0.2) is 0 Å². The zero-order chi connectivity index (χ0) is 9.19. The third kappa shape index (κ3) is 2.49. The van der Waals surface area contributed by atoms with Crippen LogP contribution in [-0.2, 0) is 4.79 Å². The number of nitrogens with zero attached hydrogens (tertiary/aromatic N) is 3. The van der Waals surface area contributed by atoms with Crippen LogP contribution >= 0.6 is 27.5 Å². The van der Waals surface area contributed by atoms with Crippen molar-refractivity contribution < 1.29 is 4.79 Å². The summed E-state index contributed by atoms with van der Waals surface area (Å²) >= 11 is 4.26. The third-order valence-corrected chi connectivity index (χ3v) is 1.93. The molecule has 1 heterocycles. The molecule has 0 aliphatic carbocycles. The molecule has 0 radical (unpaired) electrons. The molecule has 0 aliphatic heterocycles. The van der Waals surface area contributed by atoms with Crippen LogP contribution in [0.25, 0.3) is 0 Å². The van der Waals surface area contributed by atoms with E-state index in [9.17, 15) is 4.79 Å². The summed E-state index contributed by atoms with van der Waals surface area (Å²) in [6, 6.07) is 0. The number of nitrogens with one attached hydrogen (secondary N) is 1. The monoisotopic (exact) mass is 250 g/mol. The van der Waals surface area contributed by atoms with Crippen molar-refractivity contribution in [3.63, 3.8) is 0 Å². The number of alkyl halides is 1. The number of aromatic nitrogens is 3. The fraction of sp³-hybridized carbons (Fsp3) is 0.600. The van der Waals surface area contributed by atoms with E-state index in [1.54, 1.807) is 13.8 Å². The molecular formula is C5H7BrN4OS. The van der Waals surface area contributed by atoms with Crippen molar-refractivity contribution in [3.8, 4) is 0 Å². The van der Waals surface area contributed by atoms with Crippen LogP contribution in [0.5, 0.6) is 0 Å². The highest BCUT2D eigenvalue weighted by Gasteiger charge is 2.24. The summed E-state index contributed by atoms with van der Waals surface area (Å²) < 4.78 is 2.91. The zero-order valence-electron chi connectivity index (χ0n) is 6.54. The Hall–Kier alpha value is -0.560. The van der Waals surface area contributed by atoms with Crippen LogP contribution in [0.15, 0.2) is 0 Å². The predicted molar refractivity (Wildman–Crippen MR) is 49.3 cm³/mol. The van der Waals surface area contributed by atoms with Gasteiger partial charge in [-0.1, -0.05) is 25.5 Å².